The molecule has 4 nitrogen and oxygen atoms in total. The summed E-state index contributed by atoms with van der Waals surface area (Å²) in [7, 11) is 0. The van der Waals surface area contributed by atoms with Gasteiger partial charge in [-0.15, -0.1) is 11.3 Å². The monoisotopic (exact) mass is 297 g/mol. The Hall–Kier alpha value is -2.40. The van der Waals surface area contributed by atoms with Crippen molar-refractivity contribution in [3.63, 3.8) is 0 Å². The van der Waals surface area contributed by atoms with Gasteiger partial charge in [-0.25, -0.2) is 4.98 Å². The molecule has 2 heterocycles. The predicted molar refractivity (Wildman–Crippen MR) is 85.8 cm³/mol. The van der Waals surface area contributed by atoms with Crippen molar-refractivity contribution < 1.29 is 4.79 Å². The lowest BCUT2D eigenvalue weighted by molar-refractivity contribution is 0.102. The fourth-order valence-electron chi connectivity index (χ4n) is 2.07. The molecule has 0 aliphatic rings. The van der Waals surface area contributed by atoms with Gasteiger partial charge in [-0.3, -0.25) is 4.79 Å². The highest BCUT2D eigenvalue weighted by atomic mass is 32.1. The molecule has 3 rings (SSSR count). The molecule has 0 radical (unpaired) electrons. The minimum absolute atomic E-state index is 0.150. The van der Waals surface area contributed by atoms with E-state index in [4.69, 9.17) is 0 Å². The topological polar surface area (TPSA) is 57.8 Å². The van der Waals surface area contributed by atoms with E-state index >= 15 is 0 Å². The number of para-hydroxylation sites is 1. The highest BCUT2D eigenvalue weighted by molar-refractivity contribution is 7.09. The van der Waals surface area contributed by atoms with Crippen molar-refractivity contribution in [3.05, 3.63) is 58.2 Å². The molecule has 2 aromatic heterocycles. The van der Waals surface area contributed by atoms with Gasteiger partial charge in [0.1, 0.15) is 5.69 Å². The van der Waals surface area contributed by atoms with E-state index in [0.717, 1.165) is 27.5 Å². The number of amides is 1. The van der Waals surface area contributed by atoms with Crippen LogP contribution in [0.5, 0.6) is 0 Å². The van der Waals surface area contributed by atoms with Gasteiger partial charge < -0.3 is 10.3 Å². The molecule has 0 saturated carbocycles. The Kier molecular flexibility index (Phi) is 3.58. The first-order valence-electron chi connectivity index (χ1n) is 6.61. The number of carbonyl (C=O) groups excluding carboxylic acids is 1. The van der Waals surface area contributed by atoms with Gasteiger partial charge in [-0.2, -0.15) is 0 Å². The van der Waals surface area contributed by atoms with Gasteiger partial charge in [-0.05, 0) is 31.5 Å². The van der Waals surface area contributed by atoms with Gasteiger partial charge in [0, 0.05) is 22.8 Å². The summed E-state index contributed by atoms with van der Waals surface area (Å²) >= 11 is 1.60. The van der Waals surface area contributed by atoms with Crippen molar-refractivity contribution in [2.45, 2.75) is 13.8 Å². The van der Waals surface area contributed by atoms with Crippen molar-refractivity contribution in [1.29, 1.82) is 0 Å². The quantitative estimate of drug-likeness (QED) is 0.767. The number of aryl methyl sites for hydroxylation is 2. The summed E-state index contributed by atoms with van der Waals surface area (Å²) < 4.78 is 0. The number of nitrogens with zero attached hydrogens (tertiary/aromatic N) is 1. The van der Waals surface area contributed by atoms with Crippen LogP contribution in [0.4, 0.5) is 5.69 Å². The first-order chi connectivity index (χ1) is 10.1. The summed E-state index contributed by atoms with van der Waals surface area (Å²) in [5.74, 6) is -0.150. The number of aromatic amines is 1. The Balaban J connectivity index is 1.80. The Morgan fingerprint density at radius 3 is 2.81 bits per heavy atom. The Morgan fingerprint density at radius 2 is 2.10 bits per heavy atom. The standard InChI is InChI=1S/C16H15N3OS/c1-10-5-3-4-6-13(10)19-16(20)14-7-12(8-17-14)15-9-21-11(2)18-15/h3-9,17H,1-2H3,(H,19,20). The van der Waals surface area contributed by atoms with Crippen LogP contribution in [0.2, 0.25) is 0 Å². The number of benzene rings is 1. The van der Waals surface area contributed by atoms with E-state index in [-0.39, 0.29) is 5.91 Å². The van der Waals surface area contributed by atoms with Crippen LogP contribution in [0, 0.1) is 13.8 Å². The minimum atomic E-state index is -0.150. The van der Waals surface area contributed by atoms with E-state index in [0.29, 0.717) is 5.69 Å². The number of rotatable bonds is 3. The molecule has 0 saturated heterocycles. The molecule has 0 aliphatic carbocycles. The van der Waals surface area contributed by atoms with Crippen LogP contribution in [0.3, 0.4) is 0 Å². The van der Waals surface area contributed by atoms with Crippen molar-refractivity contribution >= 4 is 22.9 Å². The summed E-state index contributed by atoms with van der Waals surface area (Å²) in [6.07, 6.45) is 1.81. The normalized spacial score (nSPS) is 10.6. The van der Waals surface area contributed by atoms with E-state index in [1.165, 1.54) is 0 Å². The minimum Gasteiger partial charge on any atom is -0.357 e. The molecule has 5 heteroatoms. The lowest BCUT2D eigenvalue weighted by Gasteiger charge is -2.06. The van der Waals surface area contributed by atoms with E-state index < -0.39 is 0 Å². The smallest absolute Gasteiger partial charge is 0.272 e. The predicted octanol–water partition coefficient (Wildman–Crippen LogP) is 4.01. The van der Waals surface area contributed by atoms with Gasteiger partial charge in [0.15, 0.2) is 0 Å². The largest absolute Gasteiger partial charge is 0.357 e. The first-order valence-corrected chi connectivity index (χ1v) is 7.49. The fourth-order valence-corrected chi connectivity index (χ4v) is 2.69. The summed E-state index contributed by atoms with van der Waals surface area (Å²) in [6.45, 7) is 3.93. The average molecular weight is 297 g/mol. The number of nitrogens with one attached hydrogen (secondary N) is 2. The lowest BCUT2D eigenvalue weighted by atomic mass is 10.2. The maximum atomic E-state index is 12.3. The molecule has 0 atom stereocenters. The number of aromatic nitrogens is 2. The third-order valence-corrected chi connectivity index (χ3v) is 4.01. The summed E-state index contributed by atoms with van der Waals surface area (Å²) in [5.41, 5.74) is 4.20. The summed E-state index contributed by atoms with van der Waals surface area (Å²) in [4.78, 5) is 19.7. The van der Waals surface area contributed by atoms with Crippen LogP contribution in [-0.2, 0) is 0 Å². The maximum absolute atomic E-state index is 12.3. The van der Waals surface area contributed by atoms with Gasteiger partial charge in [-0.1, -0.05) is 18.2 Å². The number of hydrogen-bond acceptors (Lipinski definition) is 3. The van der Waals surface area contributed by atoms with Crippen molar-refractivity contribution in [2.75, 3.05) is 5.32 Å². The molecule has 0 unspecified atom stereocenters. The number of carbonyl (C=O) groups is 1. The molecular formula is C16H15N3OS. The van der Waals surface area contributed by atoms with Crippen LogP contribution in [0.15, 0.2) is 41.9 Å². The highest BCUT2D eigenvalue weighted by Gasteiger charge is 2.12. The van der Waals surface area contributed by atoms with E-state index in [2.05, 4.69) is 15.3 Å². The van der Waals surface area contributed by atoms with Crippen LogP contribution >= 0.6 is 11.3 Å². The molecule has 0 aliphatic heterocycles. The average Bonchev–Trinajstić information content (AvgIpc) is 3.10. The molecule has 21 heavy (non-hydrogen) atoms. The molecule has 0 bridgehead atoms. The fraction of sp³-hybridized carbons (Fsp3) is 0.125. The zero-order chi connectivity index (χ0) is 14.8. The molecule has 2 N–H and O–H groups in total. The molecule has 0 fully saturated rings. The zero-order valence-corrected chi connectivity index (χ0v) is 12.6. The van der Waals surface area contributed by atoms with Crippen LogP contribution in [-0.4, -0.2) is 15.9 Å². The maximum Gasteiger partial charge on any atom is 0.272 e. The second-order valence-corrected chi connectivity index (χ2v) is 5.89. The van der Waals surface area contributed by atoms with Crippen LogP contribution in [0.25, 0.3) is 11.3 Å². The van der Waals surface area contributed by atoms with E-state index in [1.807, 2.05) is 49.6 Å². The SMILES string of the molecule is Cc1nc(-c2c[nH]c(C(=O)Nc3ccccc3C)c2)cs1. The summed E-state index contributed by atoms with van der Waals surface area (Å²) in [6, 6.07) is 9.53. The Labute approximate surface area is 126 Å². The van der Waals surface area contributed by atoms with Gasteiger partial charge in [0.05, 0.1) is 10.7 Å². The highest BCUT2D eigenvalue weighted by Crippen LogP contribution is 2.23. The molecule has 106 valence electrons. The van der Waals surface area contributed by atoms with Crippen molar-refractivity contribution in [2.24, 2.45) is 0 Å². The van der Waals surface area contributed by atoms with Gasteiger partial charge in [0.25, 0.3) is 5.91 Å². The first kappa shape index (κ1) is 13.6. The molecule has 1 aromatic carbocycles. The van der Waals surface area contributed by atoms with Gasteiger partial charge in [0.2, 0.25) is 0 Å². The van der Waals surface area contributed by atoms with Crippen molar-refractivity contribution in [1.82, 2.24) is 9.97 Å². The third kappa shape index (κ3) is 2.87. The number of thiazole rings is 1. The molecule has 0 spiro atoms. The Bertz CT molecular complexity index is 788. The number of anilines is 1. The Morgan fingerprint density at radius 1 is 1.29 bits per heavy atom. The second-order valence-electron chi connectivity index (χ2n) is 4.82. The van der Waals surface area contributed by atoms with Crippen LogP contribution in [0.1, 0.15) is 21.1 Å². The summed E-state index contributed by atoms with van der Waals surface area (Å²) in [5, 5.41) is 5.91. The van der Waals surface area contributed by atoms with Crippen molar-refractivity contribution in [3.8, 4) is 11.3 Å². The van der Waals surface area contributed by atoms with E-state index in [9.17, 15) is 4.79 Å². The van der Waals surface area contributed by atoms with Gasteiger partial charge >= 0.3 is 0 Å². The molecular weight excluding hydrogens is 282 g/mol. The second kappa shape index (κ2) is 5.54. The lowest BCUT2D eigenvalue weighted by Crippen LogP contribution is -2.12. The number of hydrogen-bond donors (Lipinski definition) is 2. The van der Waals surface area contributed by atoms with E-state index in [1.54, 1.807) is 17.5 Å². The zero-order valence-electron chi connectivity index (χ0n) is 11.8. The molecule has 3 aromatic rings. The third-order valence-electron chi connectivity index (χ3n) is 3.24. The molecule has 1 amide bonds. The number of H-pyrrole nitrogens is 1. The van der Waals surface area contributed by atoms with Crippen LogP contribution < -0.4 is 5.32 Å².